The van der Waals surface area contributed by atoms with E-state index >= 15 is 0 Å². The lowest BCUT2D eigenvalue weighted by atomic mass is 10.1. The summed E-state index contributed by atoms with van der Waals surface area (Å²) >= 11 is 0. The van der Waals surface area contributed by atoms with Crippen molar-refractivity contribution in [2.45, 2.75) is 38.4 Å². The van der Waals surface area contributed by atoms with E-state index in [1.807, 2.05) is 43.3 Å². The Labute approximate surface area is 137 Å². The van der Waals surface area contributed by atoms with Crippen molar-refractivity contribution in [3.63, 3.8) is 0 Å². The molecule has 2 aromatic rings. The molecule has 0 saturated carbocycles. The second-order valence-corrected chi connectivity index (χ2v) is 5.99. The van der Waals surface area contributed by atoms with Gasteiger partial charge in [-0.3, -0.25) is 9.69 Å². The van der Waals surface area contributed by atoms with Crippen molar-refractivity contribution < 1.29 is 9.53 Å². The van der Waals surface area contributed by atoms with Gasteiger partial charge in [0.2, 0.25) is 0 Å². The number of carbonyl (C=O) groups excluding carboxylic acids is 1. The molecule has 1 heterocycles. The van der Waals surface area contributed by atoms with Gasteiger partial charge in [-0.2, -0.15) is 0 Å². The minimum absolute atomic E-state index is 0.101. The molecule has 0 radical (unpaired) electrons. The van der Waals surface area contributed by atoms with Crippen LogP contribution in [0.4, 0.5) is 0 Å². The Hall–Kier alpha value is -2.13. The summed E-state index contributed by atoms with van der Waals surface area (Å²) in [6.45, 7) is 4.45. The third-order valence-corrected chi connectivity index (χ3v) is 4.52. The number of ether oxygens (including phenoxy) is 1. The first-order valence-electron chi connectivity index (χ1n) is 8.25. The van der Waals surface area contributed by atoms with Gasteiger partial charge >= 0.3 is 5.97 Å². The molecule has 0 N–H and O–H groups in total. The Morgan fingerprint density at radius 1 is 1.09 bits per heavy atom. The third-order valence-electron chi connectivity index (χ3n) is 4.52. The number of benzene rings is 2. The van der Waals surface area contributed by atoms with E-state index in [4.69, 9.17) is 4.74 Å². The summed E-state index contributed by atoms with van der Waals surface area (Å²) in [5.41, 5.74) is 2.49. The maximum atomic E-state index is 12.3. The van der Waals surface area contributed by atoms with E-state index in [2.05, 4.69) is 36.1 Å². The van der Waals surface area contributed by atoms with Gasteiger partial charge in [-0.05, 0) is 31.4 Å². The molecule has 1 fully saturated rings. The van der Waals surface area contributed by atoms with Crippen molar-refractivity contribution in [1.82, 2.24) is 4.90 Å². The summed E-state index contributed by atoms with van der Waals surface area (Å²) in [6, 6.07) is 21.0. The lowest BCUT2D eigenvalue weighted by Gasteiger charge is -2.15. The summed E-state index contributed by atoms with van der Waals surface area (Å²) in [5, 5.41) is 0. The summed E-state index contributed by atoms with van der Waals surface area (Å²) < 4.78 is 5.27. The third kappa shape index (κ3) is 3.45. The molecule has 0 spiro atoms. The zero-order valence-electron chi connectivity index (χ0n) is 13.7. The first-order valence-corrected chi connectivity index (χ1v) is 8.25. The van der Waals surface area contributed by atoms with Crippen LogP contribution in [0.2, 0.25) is 0 Å². The molecule has 2 aromatic carbocycles. The SMILES string of the molecule is CCOC(=O)[C@H]1[C@@H](Cc2ccccc2)N1[C@H](C)c1ccccc1. The van der Waals surface area contributed by atoms with Crippen LogP contribution in [-0.4, -0.2) is 29.6 Å². The molecule has 4 atom stereocenters. The Kier molecular flexibility index (Phi) is 4.77. The molecule has 3 heteroatoms. The summed E-state index contributed by atoms with van der Waals surface area (Å²) in [6.07, 6.45) is 0.876. The Morgan fingerprint density at radius 2 is 1.70 bits per heavy atom. The predicted molar refractivity (Wildman–Crippen MR) is 91.1 cm³/mol. The number of hydrogen-bond acceptors (Lipinski definition) is 3. The Morgan fingerprint density at radius 3 is 2.30 bits per heavy atom. The summed E-state index contributed by atoms with van der Waals surface area (Å²) in [5.74, 6) is -0.101. The standard InChI is InChI=1S/C20H23NO2/c1-3-23-20(22)19-18(14-16-10-6-4-7-11-16)21(19)15(2)17-12-8-5-9-13-17/h4-13,15,18-19H,3,14H2,1-2H3/t15-,18-,19-,21?/m1/s1. The van der Waals surface area contributed by atoms with Gasteiger partial charge in [0.1, 0.15) is 6.04 Å². The fourth-order valence-corrected chi connectivity index (χ4v) is 3.31. The predicted octanol–water partition coefficient (Wildman–Crippen LogP) is 3.61. The maximum absolute atomic E-state index is 12.3. The molecule has 1 unspecified atom stereocenters. The molecule has 1 saturated heterocycles. The van der Waals surface area contributed by atoms with Crippen LogP contribution in [0.3, 0.4) is 0 Å². The van der Waals surface area contributed by atoms with Crippen molar-refractivity contribution in [2.75, 3.05) is 6.61 Å². The normalized spacial score (nSPS) is 24.0. The first kappa shape index (κ1) is 15.8. The summed E-state index contributed by atoms with van der Waals surface area (Å²) in [7, 11) is 0. The maximum Gasteiger partial charge on any atom is 0.325 e. The number of hydrogen-bond donors (Lipinski definition) is 0. The van der Waals surface area contributed by atoms with E-state index in [9.17, 15) is 4.79 Å². The minimum atomic E-state index is -0.134. The second kappa shape index (κ2) is 6.97. The number of esters is 1. The van der Waals surface area contributed by atoms with Gasteiger partial charge in [-0.1, -0.05) is 60.7 Å². The molecule has 1 aliphatic heterocycles. The van der Waals surface area contributed by atoms with E-state index in [-0.39, 0.29) is 24.1 Å². The molecule has 3 nitrogen and oxygen atoms in total. The van der Waals surface area contributed by atoms with Gasteiger partial charge in [-0.15, -0.1) is 0 Å². The zero-order chi connectivity index (χ0) is 16.2. The van der Waals surface area contributed by atoms with Gasteiger partial charge in [-0.25, -0.2) is 0 Å². The molecule has 120 valence electrons. The van der Waals surface area contributed by atoms with Crippen LogP contribution in [0.5, 0.6) is 0 Å². The van der Waals surface area contributed by atoms with Crippen LogP contribution < -0.4 is 0 Å². The van der Waals surface area contributed by atoms with Crippen molar-refractivity contribution in [2.24, 2.45) is 0 Å². The van der Waals surface area contributed by atoms with Crippen LogP contribution in [-0.2, 0) is 16.0 Å². The smallest absolute Gasteiger partial charge is 0.325 e. The van der Waals surface area contributed by atoms with Gasteiger partial charge in [0, 0.05) is 12.1 Å². The average Bonchev–Trinajstić information content (AvgIpc) is 3.30. The highest BCUT2D eigenvalue weighted by Gasteiger charge is 2.55. The van der Waals surface area contributed by atoms with Gasteiger partial charge in [0.05, 0.1) is 6.61 Å². The fraction of sp³-hybridized carbons (Fsp3) is 0.350. The topological polar surface area (TPSA) is 29.3 Å². The molecule has 0 aliphatic carbocycles. The van der Waals surface area contributed by atoms with E-state index in [0.29, 0.717) is 6.61 Å². The van der Waals surface area contributed by atoms with Gasteiger partial charge in [0.15, 0.2) is 0 Å². The molecule has 23 heavy (non-hydrogen) atoms. The molecule has 0 bridgehead atoms. The number of rotatable bonds is 6. The first-order chi connectivity index (χ1) is 11.2. The Bertz CT molecular complexity index is 641. The average molecular weight is 309 g/mol. The van der Waals surface area contributed by atoms with Crippen molar-refractivity contribution in [3.05, 3.63) is 71.8 Å². The highest BCUT2D eigenvalue weighted by atomic mass is 16.5. The highest BCUT2D eigenvalue weighted by molar-refractivity contribution is 5.80. The molecule has 1 aliphatic rings. The molecule has 0 amide bonds. The van der Waals surface area contributed by atoms with Gasteiger partial charge < -0.3 is 4.74 Å². The number of carbonyl (C=O) groups is 1. The van der Waals surface area contributed by atoms with Crippen LogP contribution >= 0.6 is 0 Å². The monoisotopic (exact) mass is 309 g/mol. The summed E-state index contributed by atoms with van der Waals surface area (Å²) in [4.78, 5) is 14.6. The Balaban J connectivity index is 1.77. The highest BCUT2D eigenvalue weighted by Crippen LogP contribution is 2.41. The van der Waals surface area contributed by atoms with Crippen molar-refractivity contribution >= 4 is 5.97 Å². The molecule has 3 rings (SSSR count). The van der Waals surface area contributed by atoms with Crippen LogP contribution in [0.25, 0.3) is 0 Å². The van der Waals surface area contributed by atoms with E-state index in [0.717, 1.165) is 6.42 Å². The van der Waals surface area contributed by atoms with E-state index < -0.39 is 0 Å². The van der Waals surface area contributed by atoms with E-state index in [1.165, 1.54) is 11.1 Å². The van der Waals surface area contributed by atoms with Crippen molar-refractivity contribution in [3.8, 4) is 0 Å². The second-order valence-electron chi connectivity index (χ2n) is 5.99. The number of nitrogens with zero attached hydrogens (tertiary/aromatic N) is 1. The lowest BCUT2D eigenvalue weighted by molar-refractivity contribution is -0.143. The zero-order valence-corrected chi connectivity index (χ0v) is 13.7. The van der Waals surface area contributed by atoms with E-state index in [1.54, 1.807) is 0 Å². The lowest BCUT2D eigenvalue weighted by Crippen LogP contribution is -2.18. The molecular weight excluding hydrogens is 286 g/mol. The molecular formula is C20H23NO2. The van der Waals surface area contributed by atoms with Gasteiger partial charge in [0.25, 0.3) is 0 Å². The fourth-order valence-electron chi connectivity index (χ4n) is 3.31. The van der Waals surface area contributed by atoms with Crippen molar-refractivity contribution in [1.29, 1.82) is 0 Å². The minimum Gasteiger partial charge on any atom is -0.465 e. The molecule has 0 aromatic heterocycles. The van der Waals surface area contributed by atoms with Crippen LogP contribution in [0, 0.1) is 0 Å². The largest absolute Gasteiger partial charge is 0.465 e. The van der Waals surface area contributed by atoms with Crippen LogP contribution in [0.1, 0.15) is 31.0 Å². The quantitative estimate of drug-likeness (QED) is 0.603. The van der Waals surface area contributed by atoms with Crippen LogP contribution in [0.15, 0.2) is 60.7 Å².